The van der Waals surface area contributed by atoms with Gasteiger partial charge in [0.15, 0.2) is 0 Å². The molecule has 1 rings (SSSR count). The molecule has 0 bridgehead atoms. The molecule has 90 valence electrons. The van der Waals surface area contributed by atoms with Gasteiger partial charge in [-0.15, -0.1) is 19.0 Å². The average Bonchev–Trinajstić information content (AvgIpc) is 2.12. The van der Waals surface area contributed by atoms with Crippen LogP contribution in [0.2, 0.25) is 0 Å². The van der Waals surface area contributed by atoms with E-state index in [1.165, 1.54) is 12.1 Å². The van der Waals surface area contributed by atoms with Gasteiger partial charge in [-0.1, -0.05) is 22.0 Å². The van der Waals surface area contributed by atoms with Crippen LogP contribution >= 0.6 is 28.3 Å². The number of rotatable bonds is 4. The summed E-state index contributed by atoms with van der Waals surface area (Å²) in [6.07, 6.45) is 2.80. The number of nitrogens with two attached hydrogens (primary N) is 1. The van der Waals surface area contributed by atoms with Gasteiger partial charge in [0.05, 0.1) is 0 Å². The van der Waals surface area contributed by atoms with Crippen molar-refractivity contribution in [1.29, 1.82) is 0 Å². The molecule has 0 aliphatic carbocycles. The zero-order valence-electron chi connectivity index (χ0n) is 8.55. The van der Waals surface area contributed by atoms with Crippen LogP contribution in [0.25, 0.3) is 0 Å². The predicted molar refractivity (Wildman–Crippen MR) is 67.7 cm³/mol. The Morgan fingerprint density at radius 3 is 2.31 bits per heavy atom. The molecule has 1 atom stereocenters. The van der Waals surface area contributed by atoms with Crippen LogP contribution < -0.4 is 5.73 Å². The van der Waals surface area contributed by atoms with Crippen LogP contribution in [0.3, 0.4) is 0 Å². The maximum atomic E-state index is 13.4. The van der Waals surface area contributed by atoms with Crippen molar-refractivity contribution in [3.05, 3.63) is 46.5 Å². The number of hydrogen-bond acceptors (Lipinski definition) is 1. The van der Waals surface area contributed by atoms with Gasteiger partial charge in [0.25, 0.3) is 0 Å². The fourth-order valence-corrected chi connectivity index (χ4v) is 1.75. The summed E-state index contributed by atoms with van der Waals surface area (Å²) in [6, 6.07) is 1.80. The third-order valence-corrected chi connectivity index (χ3v) is 2.55. The van der Waals surface area contributed by atoms with Gasteiger partial charge in [0.1, 0.15) is 11.6 Å². The molecule has 0 saturated carbocycles. The molecule has 0 heterocycles. The summed E-state index contributed by atoms with van der Waals surface area (Å²) in [5.41, 5.74) is 5.63. The maximum absolute atomic E-state index is 13.4. The molecular weight excluding hydrogens is 299 g/mol. The van der Waals surface area contributed by atoms with E-state index in [9.17, 15) is 8.78 Å². The lowest BCUT2D eigenvalue weighted by atomic mass is 10.0. The summed E-state index contributed by atoms with van der Waals surface area (Å²) in [7, 11) is 0. The second kappa shape index (κ2) is 6.99. The van der Waals surface area contributed by atoms with Gasteiger partial charge in [-0.25, -0.2) is 8.78 Å². The minimum Gasteiger partial charge on any atom is -0.324 e. The first kappa shape index (κ1) is 15.5. The van der Waals surface area contributed by atoms with Crippen molar-refractivity contribution in [2.75, 3.05) is 0 Å². The third-order valence-electron chi connectivity index (χ3n) is 2.10. The van der Waals surface area contributed by atoms with Crippen LogP contribution in [0, 0.1) is 11.6 Å². The van der Waals surface area contributed by atoms with E-state index >= 15 is 0 Å². The molecule has 0 unspecified atom stereocenters. The van der Waals surface area contributed by atoms with E-state index < -0.39 is 17.7 Å². The van der Waals surface area contributed by atoms with E-state index in [4.69, 9.17) is 5.73 Å². The smallest absolute Gasteiger partial charge is 0.132 e. The Kier molecular flexibility index (Phi) is 6.79. The maximum Gasteiger partial charge on any atom is 0.132 e. The van der Waals surface area contributed by atoms with Gasteiger partial charge in [0.2, 0.25) is 0 Å². The molecular formula is C11H13BrClF2N. The molecule has 16 heavy (non-hydrogen) atoms. The molecule has 1 nitrogen and oxygen atoms in total. The lowest BCUT2D eigenvalue weighted by Crippen LogP contribution is -2.14. The fourth-order valence-electron chi connectivity index (χ4n) is 1.35. The Bertz CT molecular complexity index is 348. The lowest BCUT2D eigenvalue weighted by molar-refractivity contribution is 0.513. The normalized spacial score (nSPS) is 11.8. The van der Waals surface area contributed by atoms with Crippen LogP contribution in [0.4, 0.5) is 8.78 Å². The highest BCUT2D eigenvalue weighted by atomic mass is 79.9. The standard InChI is InChI=1S/C11H12BrF2N.ClH/c1-2-3-4-10(15)11-8(13)5-7(12)6-9(11)14;/h2,5-6,10H,1,3-4,15H2;1H/t10-;/m0./s1. The summed E-state index contributed by atoms with van der Waals surface area (Å²) >= 11 is 3.01. The first-order chi connectivity index (χ1) is 7.06. The van der Waals surface area contributed by atoms with Crippen molar-refractivity contribution in [2.45, 2.75) is 18.9 Å². The molecule has 0 aromatic heterocycles. The number of allylic oxidation sites excluding steroid dienone is 1. The fraction of sp³-hybridized carbons (Fsp3) is 0.273. The molecule has 2 N–H and O–H groups in total. The zero-order valence-corrected chi connectivity index (χ0v) is 11.0. The molecule has 0 aliphatic rings. The van der Waals surface area contributed by atoms with Crippen molar-refractivity contribution in [3.63, 3.8) is 0 Å². The Labute approximate surface area is 108 Å². The van der Waals surface area contributed by atoms with E-state index in [0.29, 0.717) is 17.3 Å². The summed E-state index contributed by atoms with van der Waals surface area (Å²) < 4.78 is 27.2. The molecule has 0 radical (unpaired) electrons. The monoisotopic (exact) mass is 311 g/mol. The van der Waals surface area contributed by atoms with E-state index in [1.807, 2.05) is 0 Å². The largest absolute Gasteiger partial charge is 0.324 e. The summed E-state index contributed by atoms with van der Waals surface area (Å²) in [5.74, 6) is -1.23. The Morgan fingerprint density at radius 1 is 1.38 bits per heavy atom. The molecule has 1 aromatic carbocycles. The van der Waals surface area contributed by atoms with Gasteiger partial charge in [0, 0.05) is 16.1 Å². The van der Waals surface area contributed by atoms with Crippen molar-refractivity contribution in [1.82, 2.24) is 0 Å². The number of hydrogen-bond donors (Lipinski definition) is 1. The quantitative estimate of drug-likeness (QED) is 0.832. The molecule has 0 amide bonds. The van der Waals surface area contributed by atoms with E-state index in [0.717, 1.165) is 0 Å². The second-order valence-corrected chi connectivity index (χ2v) is 4.17. The van der Waals surface area contributed by atoms with Gasteiger partial charge in [-0.3, -0.25) is 0 Å². The number of halogens is 4. The van der Waals surface area contributed by atoms with Crippen molar-refractivity contribution in [2.24, 2.45) is 5.73 Å². The Balaban J connectivity index is 0.00000225. The van der Waals surface area contributed by atoms with Gasteiger partial charge in [-0.2, -0.15) is 0 Å². The van der Waals surface area contributed by atoms with E-state index in [1.54, 1.807) is 6.08 Å². The van der Waals surface area contributed by atoms with Crippen LogP contribution in [-0.4, -0.2) is 0 Å². The lowest BCUT2D eigenvalue weighted by Gasteiger charge is -2.13. The zero-order chi connectivity index (χ0) is 11.4. The number of benzene rings is 1. The first-order valence-electron chi connectivity index (χ1n) is 4.57. The van der Waals surface area contributed by atoms with Crippen LogP contribution in [0.5, 0.6) is 0 Å². The summed E-state index contributed by atoms with van der Waals surface area (Å²) in [5, 5.41) is 0. The molecule has 0 spiro atoms. The van der Waals surface area contributed by atoms with Crippen LogP contribution in [0.15, 0.2) is 29.3 Å². The second-order valence-electron chi connectivity index (χ2n) is 3.26. The van der Waals surface area contributed by atoms with Crippen LogP contribution in [0.1, 0.15) is 24.4 Å². The minimum atomic E-state index is -0.629. The highest BCUT2D eigenvalue weighted by molar-refractivity contribution is 9.10. The summed E-state index contributed by atoms with van der Waals surface area (Å²) in [4.78, 5) is 0. The van der Waals surface area contributed by atoms with Crippen LogP contribution in [-0.2, 0) is 0 Å². The van der Waals surface area contributed by atoms with E-state index in [2.05, 4.69) is 22.5 Å². The Hall–Kier alpha value is -0.450. The molecule has 5 heteroatoms. The first-order valence-corrected chi connectivity index (χ1v) is 5.36. The molecule has 0 fully saturated rings. The predicted octanol–water partition coefficient (Wildman–Crippen LogP) is 4.12. The highest BCUT2D eigenvalue weighted by Crippen LogP contribution is 2.25. The van der Waals surface area contributed by atoms with Crippen molar-refractivity contribution in [3.8, 4) is 0 Å². The average molecular weight is 313 g/mol. The third kappa shape index (κ3) is 3.85. The molecule has 1 aromatic rings. The summed E-state index contributed by atoms with van der Waals surface area (Å²) in [6.45, 7) is 3.53. The SMILES string of the molecule is C=CCC[C@H](N)c1c(F)cc(Br)cc1F.Cl. The van der Waals surface area contributed by atoms with Crippen molar-refractivity contribution < 1.29 is 8.78 Å². The van der Waals surface area contributed by atoms with E-state index in [-0.39, 0.29) is 18.0 Å². The Morgan fingerprint density at radius 2 is 1.88 bits per heavy atom. The highest BCUT2D eigenvalue weighted by Gasteiger charge is 2.16. The van der Waals surface area contributed by atoms with Crippen molar-refractivity contribution >= 4 is 28.3 Å². The molecule has 0 aliphatic heterocycles. The molecule has 0 saturated heterocycles. The topological polar surface area (TPSA) is 26.0 Å². The van der Waals surface area contributed by atoms with Gasteiger partial charge >= 0.3 is 0 Å². The minimum absolute atomic E-state index is 0. The van der Waals surface area contributed by atoms with Gasteiger partial charge in [-0.05, 0) is 25.0 Å². The van der Waals surface area contributed by atoms with Gasteiger partial charge < -0.3 is 5.73 Å².